The first kappa shape index (κ1) is 16.2. The van der Waals surface area contributed by atoms with Crippen LogP contribution in [-0.2, 0) is 0 Å². The maximum Gasteiger partial charge on any atom is -0.0184 e. The van der Waals surface area contributed by atoms with E-state index in [9.17, 15) is 0 Å². The molecule has 2 aromatic rings. The van der Waals surface area contributed by atoms with Crippen molar-refractivity contribution >= 4 is 10.8 Å². The molecule has 0 bridgehead atoms. The molecule has 3 fully saturated rings. The number of hydrogen-bond acceptors (Lipinski definition) is 0. The van der Waals surface area contributed by atoms with Crippen molar-refractivity contribution in [3.8, 4) is 0 Å². The second-order valence-electron chi connectivity index (χ2n) is 8.34. The lowest BCUT2D eigenvalue weighted by Crippen LogP contribution is -2.38. The van der Waals surface area contributed by atoms with Crippen molar-refractivity contribution < 1.29 is 0 Å². The van der Waals surface area contributed by atoms with Crippen molar-refractivity contribution in [2.24, 2.45) is 23.7 Å². The van der Waals surface area contributed by atoms with Crippen LogP contribution < -0.4 is 0 Å². The maximum absolute atomic E-state index is 2.12. The Hall–Kier alpha value is -1.30. The molecule has 0 radical (unpaired) electrons. The molecular formula is C24H32. The molecule has 0 saturated heterocycles. The summed E-state index contributed by atoms with van der Waals surface area (Å²) < 4.78 is 0. The zero-order chi connectivity index (χ0) is 16.2. The Balaban J connectivity index is 0.000000129. The lowest BCUT2D eigenvalue weighted by molar-refractivity contribution is 0.0278. The molecule has 3 aliphatic carbocycles. The highest BCUT2D eigenvalue weighted by atomic mass is 14.5. The summed E-state index contributed by atoms with van der Waals surface area (Å²) in [7, 11) is 0. The van der Waals surface area contributed by atoms with Gasteiger partial charge in [0.2, 0.25) is 0 Å². The van der Waals surface area contributed by atoms with Gasteiger partial charge in [0, 0.05) is 0 Å². The van der Waals surface area contributed by atoms with Gasteiger partial charge in [0.15, 0.2) is 0 Å². The van der Waals surface area contributed by atoms with E-state index < -0.39 is 0 Å². The topological polar surface area (TPSA) is 0 Å². The Morgan fingerprint density at radius 1 is 0.458 bits per heavy atom. The predicted octanol–water partition coefficient (Wildman–Crippen LogP) is 7.23. The van der Waals surface area contributed by atoms with E-state index in [1.807, 2.05) is 0 Å². The van der Waals surface area contributed by atoms with E-state index in [2.05, 4.69) is 48.5 Å². The molecule has 3 aliphatic rings. The highest BCUT2D eigenvalue weighted by Gasteiger charge is 2.40. The van der Waals surface area contributed by atoms with E-state index in [1.54, 1.807) is 64.2 Å². The molecule has 2 aromatic carbocycles. The van der Waals surface area contributed by atoms with Gasteiger partial charge in [-0.1, -0.05) is 87.1 Å². The summed E-state index contributed by atoms with van der Waals surface area (Å²) in [5.41, 5.74) is 0. The normalized spacial score (nSPS) is 32.2. The molecule has 4 atom stereocenters. The van der Waals surface area contributed by atoms with Crippen LogP contribution in [0.25, 0.3) is 10.8 Å². The van der Waals surface area contributed by atoms with E-state index >= 15 is 0 Å². The van der Waals surface area contributed by atoms with Crippen LogP contribution in [0, 0.1) is 23.7 Å². The first-order valence-corrected chi connectivity index (χ1v) is 10.4. The number of fused-ring (bicyclic) bond motifs is 4. The average molecular weight is 321 g/mol. The fourth-order valence-corrected chi connectivity index (χ4v) is 5.88. The fourth-order valence-electron chi connectivity index (χ4n) is 5.88. The molecule has 3 saturated carbocycles. The Morgan fingerprint density at radius 2 is 0.833 bits per heavy atom. The average Bonchev–Trinajstić information content (AvgIpc) is 2.68. The molecule has 0 aliphatic heterocycles. The Kier molecular flexibility index (Phi) is 5.21. The fraction of sp³-hybridized carbons (Fsp3) is 0.583. The van der Waals surface area contributed by atoms with Crippen LogP contribution in [0.5, 0.6) is 0 Å². The largest absolute Gasteiger partial charge is 0.0616 e. The summed E-state index contributed by atoms with van der Waals surface area (Å²) >= 11 is 0. The zero-order valence-electron chi connectivity index (χ0n) is 15.0. The third-order valence-electron chi connectivity index (χ3n) is 7.05. The summed E-state index contributed by atoms with van der Waals surface area (Å²) in [6, 6.07) is 16.7. The molecule has 0 heterocycles. The van der Waals surface area contributed by atoms with Gasteiger partial charge in [0.05, 0.1) is 0 Å². The third-order valence-corrected chi connectivity index (χ3v) is 7.05. The highest BCUT2D eigenvalue weighted by Crippen LogP contribution is 2.51. The monoisotopic (exact) mass is 320 g/mol. The second-order valence-corrected chi connectivity index (χ2v) is 8.34. The minimum absolute atomic E-state index is 1.16. The first-order valence-electron chi connectivity index (χ1n) is 10.4. The molecule has 0 nitrogen and oxygen atoms in total. The van der Waals surface area contributed by atoms with Crippen molar-refractivity contribution in [2.45, 2.75) is 64.2 Å². The van der Waals surface area contributed by atoms with Crippen molar-refractivity contribution in [1.29, 1.82) is 0 Å². The molecule has 0 heteroatoms. The van der Waals surface area contributed by atoms with Crippen LogP contribution in [0.4, 0.5) is 0 Å². The summed E-state index contributed by atoms with van der Waals surface area (Å²) in [5.74, 6) is 4.65. The van der Waals surface area contributed by atoms with Crippen molar-refractivity contribution in [1.82, 2.24) is 0 Å². The second kappa shape index (κ2) is 7.72. The van der Waals surface area contributed by atoms with Crippen LogP contribution in [0.3, 0.4) is 0 Å². The van der Waals surface area contributed by atoms with Crippen molar-refractivity contribution in [3.05, 3.63) is 48.5 Å². The van der Waals surface area contributed by atoms with Gasteiger partial charge in [0.1, 0.15) is 0 Å². The Bertz CT molecular complexity index is 556. The Morgan fingerprint density at radius 3 is 1.25 bits per heavy atom. The molecule has 0 N–H and O–H groups in total. The van der Waals surface area contributed by atoms with Crippen LogP contribution in [0.1, 0.15) is 64.2 Å². The maximum atomic E-state index is 2.12. The van der Waals surface area contributed by atoms with E-state index in [1.165, 1.54) is 22.6 Å². The third kappa shape index (κ3) is 3.53. The van der Waals surface area contributed by atoms with E-state index in [0.29, 0.717) is 0 Å². The summed E-state index contributed by atoms with van der Waals surface area (Å²) in [6.45, 7) is 0. The lowest BCUT2D eigenvalue weighted by atomic mass is 9.58. The summed E-state index contributed by atoms with van der Waals surface area (Å²) in [5, 5.41) is 2.62. The van der Waals surface area contributed by atoms with Crippen LogP contribution in [0.2, 0.25) is 0 Å². The molecule has 5 rings (SSSR count). The SMILES string of the molecule is C1CCC2C(C1)CCC1CCCCC12.c1ccc2ccccc2c1. The number of hydrogen-bond donors (Lipinski definition) is 0. The quantitative estimate of drug-likeness (QED) is 0.480. The number of rotatable bonds is 0. The molecular weight excluding hydrogens is 288 g/mol. The lowest BCUT2D eigenvalue weighted by Gasteiger charge is -2.48. The molecule has 0 aromatic heterocycles. The van der Waals surface area contributed by atoms with Crippen LogP contribution in [-0.4, -0.2) is 0 Å². The zero-order valence-corrected chi connectivity index (χ0v) is 15.0. The predicted molar refractivity (Wildman–Crippen MR) is 104 cm³/mol. The minimum atomic E-state index is 1.16. The van der Waals surface area contributed by atoms with Gasteiger partial charge in [0.25, 0.3) is 0 Å². The van der Waals surface area contributed by atoms with E-state index in [-0.39, 0.29) is 0 Å². The first-order chi connectivity index (χ1) is 11.9. The summed E-state index contributed by atoms with van der Waals surface area (Å²) in [6.07, 6.45) is 15.7. The van der Waals surface area contributed by atoms with Gasteiger partial charge in [-0.2, -0.15) is 0 Å². The van der Waals surface area contributed by atoms with Crippen LogP contribution in [0.15, 0.2) is 48.5 Å². The molecule has 4 unspecified atom stereocenters. The minimum Gasteiger partial charge on any atom is -0.0616 e. The van der Waals surface area contributed by atoms with Gasteiger partial charge in [-0.3, -0.25) is 0 Å². The van der Waals surface area contributed by atoms with Gasteiger partial charge in [-0.25, -0.2) is 0 Å². The van der Waals surface area contributed by atoms with Crippen LogP contribution >= 0.6 is 0 Å². The van der Waals surface area contributed by atoms with Crippen molar-refractivity contribution in [3.63, 3.8) is 0 Å². The highest BCUT2D eigenvalue weighted by molar-refractivity contribution is 5.81. The van der Waals surface area contributed by atoms with E-state index in [4.69, 9.17) is 0 Å². The van der Waals surface area contributed by atoms with Gasteiger partial charge in [-0.05, 0) is 60.1 Å². The van der Waals surface area contributed by atoms with Gasteiger partial charge >= 0.3 is 0 Å². The summed E-state index contributed by atoms with van der Waals surface area (Å²) in [4.78, 5) is 0. The van der Waals surface area contributed by atoms with Gasteiger partial charge < -0.3 is 0 Å². The van der Waals surface area contributed by atoms with Gasteiger partial charge in [-0.15, -0.1) is 0 Å². The smallest absolute Gasteiger partial charge is 0.0184 e. The number of benzene rings is 2. The van der Waals surface area contributed by atoms with Crippen molar-refractivity contribution in [2.75, 3.05) is 0 Å². The molecule has 128 valence electrons. The molecule has 0 spiro atoms. The van der Waals surface area contributed by atoms with E-state index in [0.717, 1.165) is 11.8 Å². The molecule has 0 amide bonds. The Labute approximate surface area is 147 Å². The molecule has 24 heavy (non-hydrogen) atoms. The standard InChI is InChI=1S/C14H24.C10H8/c1-3-7-13-11(5-1)9-10-12-6-2-4-8-14(12)13;1-2-6-10-8-4-3-7-9(10)5-1/h11-14H,1-10H2;1-8H.